The summed E-state index contributed by atoms with van der Waals surface area (Å²) >= 11 is 1.84. The largest absolute Gasteiger partial charge is 0.381 e. The molecule has 2 aromatic rings. The Morgan fingerprint density at radius 1 is 1.40 bits per heavy atom. The molecule has 0 radical (unpaired) electrons. The van der Waals surface area contributed by atoms with Crippen LogP contribution in [0.25, 0.3) is 5.65 Å². The summed E-state index contributed by atoms with van der Waals surface area (Å²) in [6.45, 7) is 3.92. The summed E-state index contributed by atoms with van der Waals surface area (Å²) in [5, 5.41) is 0.207. The predicted octanol–water partition coefficient (Wildman–Crippen LogP) is 1.62. The fraction of sp³-hybridized carbons (Fsp3) is 0.538. The van der Waals surface area contributed by atoms with Crippen LogP contribution in [0.4, 0.5) is 5.82 Å². The Labute approximate surface area is 120 Å². The van der Waals surface area contributed by atoms with E-state index in [0.717, 1.165) is 11.4 Å². The van der Waals surface area contributed by atoms with Gasteiger partial charge in [-0.05, 0) is 13.8 Å². The average molecular weight is 292 g/mol. The lowest BCUT2D eigenvalue weighted by Crippen LogP contribution is -2.24. The van der Waals surface area contributed by atoms with Gasteiger partial charge in [-0.3, -0.25) is 4.40 Å². The van der Waals surface area contributed by atoms with E-state index in [1.54, 1.807) is 6.20 Å². The van der Waals surface area contributed by atoms with Crippen molar-refractivity contribution in [2.24, 2.45) is 0 Å². The molecule has 6 nitrogen and oxygen atoms in total. The summed E-state index contributed by atoms with van der Waals surface area (Å²) in [5.41, 5.74) is 7.65. The Kier molecular flexibility index (Phi) is 2.55. The minimum absolute atomic E-state index is 0.0595. The van der Waals surface area contributed by atoms with E-state index in [1.807, 2.05) is 42.4 Å². The highest BCUT2D eigenvalue weighted by molar-refractivity contribution is 7.99. The molecule has 2 aliphatic rings. The molecular formula is C13H16N4O2S. The third-order valence-corrected chi connectivity index (χ3v) is 5.13. The molecule has 0 spiro atoms. The zero-order valence-corrected chi connectivity index (χ0v) is 12.1. The van der Waals surface area contributed by atoms with Crippen molar-refractivity contribution in [3.63, 3.8) is 0 Å². The number of fused-ring (bicyclic) bond motifs is 2. The number of anilines is 1. The van der Waals surface area contributed by atoms with Gasteiger partial charge in [0.15, 0.2) is 17.3 Å². The van der Waals surface area contributed by atoms with Gasteiger partial charge in [0.1, 0.15) is 6.10 Å². The van der Waals surface area contributed by atoms with Crippen molar-refractivity contribution >= 4 is 23.2 Å². The molecule has 0 aromatic carbocycles. The number of aromatic nitrogens is 3. The van der Waals surface area contributed by atoms with E-state index in [-0.39, 0.29) is 17.5 Å². The van der Waals surface area contributed by atoms with Crippen molar-refractivity contribution < 1.29 is 9.47 Å². The molecule has 4 heterocycles. The van der Waals surface area contributed by atoms with Gasteiger partial charge in [0.05, 0.1) is 23.2 Å². The first-order valence-electron chi connectivity index (χ1n) is 6.60. The van der Waals surface area contributed by atoms with E-state index in [9.17, 15) is 0 Å². The lowest BCUT2D eigenvalue weighted by molar-refractivity contribution is -0.145. The van der Waals surface area contributed by atoms with Crippen LogP contribution in [0.15, 0.2) is 18.6 Å². The smallest absolute Gasteiger partial charge is 0.180 e. The summed E-state index contributed by atoms with van der Waals surface area (Å²) < 4.78 is 14.0. The molecule has 2 aromatic heterocycles. The van der Waals surface area contributed by atoms with Crippen molar-refractivity contribution in [2.45, 2.75) is 37.1 Å². The van der Waals surface area contributed by atoms with Crippen LogP contribution in [0.1, 0.15) is 24.8 Å². The van der Waals surface area contributed by atoms with Crippen molar-refractivity contribution in [1.29, 1.82) is 0 Å². The lowest BCUT2D eigenvalue weighted by Gasteiger charge is -2.21. The summed E-state index contributed by atoms with van der Waals surface area (Å²) in [5.74, 6) is 0.879. The Morgan fingerprint density at radius 3 is 3.10 bits per heavy atom. The Hall–Kier alpha value is -1.31. The first-order valence-corrected chi connectivity index (χ1v) is 7.65. The average Bonchev–Trinajstić information content (AvgIpc) is 3.01. The summed E-state index contributed by atoms with van der Waals surface area (Å²) in [7, 11) is 0. The second-order valence-electron chi connectivity index (χ2n) is 5.58. The molecular weight excluding hydrogens is 276 g/mol. The second kappa shape index (κ2) is 4.09. The zero-order valence-electron chi connectivity index (χ0n) is 11.3. The van der Waals surface area contributed by atoms with Gasteiger partial charge in [0, 0.05) is 18.1 Å². The van der Waals surface area contributed by atoms with Crippen molar-refractivity contribution in [1.82, 2.24) is 14.4 Å². The number of rotatable bonds is 1. The quantitative estimate of drug-likeness (QED) is 0.861. The minimum atomic E-state index is -0.504. The molecule has 2 saturated heterocycles. The third-order valence-electron chi connectivity index (χ3n) is 3.74. The molecule has 2 aliphatic heterocycles. The molecule has 2 N–H and O–H groups in total. The maximum atomic E-state index is 6.06. The van der Waals surface area contributed by atoms with Crippen LogP contribution in [-0.4, -0.2) is 38.1 Å². The van der Waals surface area contributed by atoms with Crippen molar-refractivity contribution in [3.05, 3.63) is 24.3 Å². The number of ether oxygens (including phenoxy) is 2. The molecule has 106 valence electrons. The van der Waals surface area contributed by atoms with Crippen LogP contribution in [0.5, 0.6) is 0 Å². The first kappa shape index (κ1) is 12.4. The number of imidazole rings is 1. The molecule has 1 unspecified atom stereocenters. The molecule has 0 saturated carbocycles. The zero-order chi connectivity index (χ0) is 13.9. The Bertz CT molecular complexity index is 671. The molecule has 7 heteroatoms. The summed E-state index contributed by atoms with van der Waals surface area (Å²) in [6, 6.07) is 0. The third kappa shape index (κ3) is 1.73. The molecule has 20 heavy (non-hydrogen) atoms. The van der Waals surface area contributed by atoms with E-state index < -0.39 is 5.79 Å². The van der Waals surface area contributed by atoms with E-state index in [2.05, 4.69) is 9.97 Å². The number of hydrogen-bond acceptors (Lipinski definition) is 6. The fourth-order valence-electron chi connectivity index (χ4n) is 2.96. The molecule has 0 aliphatic carbocycles. The van der Waals surface area contributed by atoms with Crippen LogP contribution in [0.3, 0.4) is 0 Å². The van der Waals surface area contributed by atoms with Crippen LogP contribution >= 0.6 is 11.8 Å². The Balaban J connectivity index is 1.75. The van der Waals surface area contributed by atoms with Crippen molar-refractivity contribution in [3.8, 4) is 0 Å². The molecule has 2 fully saturated rings. The fourth-order valence-corrected chi connectivity index (χ4v) is 4.38. The number of thioether (sulfide) groups is 1. The van der Waals surface area contributed by atoms with Crippen LogP contribution in [-0.2, 0) is 9.47 Å². The van der Waals surface area contributed by atoms with Gasteiger partial charge in [-0.25, -0.2) is 9.97 Å². The highest BCUT2D eigenvalue weighted by atomic mass is 32.2. The highest BCUT2D eigenvalue weighted by Crippen LogP contribution is 2.49. The van der Waals surface area contributed by atoms with Gasteiger partial charge in [-0.2, -0.15) is 0 Å². The van der Waals surface area contributed by atoms with Crippen LogP contribution in [0, 0.1) is 0 Å². The van der Waals surface area contributed by atoms with Crippen LogP contribution in [0.2, 0.25) is 0 Å². The maximum absolute atomic E-state index is 6.06. The minimum Gasteiger partial charge on any atom is -0.381 e. The van der Waals surface area contributed by atoms with Gasteiger partial charge in [-0.15, -0.1) is 11.8 Å². The maximum Gasteiger partial charge on any atom is 0.180 e. The van der Waals surface area contributed by atoms with Gasteiger partial charge in [-0.1, -0.05) is 0 Å². The topological polar surface area (TPSA) is 74.7 Å². The molecule has 4 rings (SSSR count). The number of nitrogen functional groups attached to an aromatic ring is 1. The van der Waals surface area contributed by atoms with Gasteiger partial charge >= 0.3 is 0 Å². The van der Waals surface area contributed by atoms with Gasteiger partial charge in [0.2, 0.25) is 0 Å². The summed E-state index contributed by atoms with van der Waals surface area (Å²) in [4.78, 5) is 8.45. The molecule has 0 bridgehead atoms. The number of nitrogens with two attached hydrogens (primary N) is 1. The van der Waals surface area contributed by atoms with Gasteiger partial charge in [0.25, 0.3) is 0 Å². The highest BCUT2D eigenvalue weighted by Gasteiger charge is 2.50. The van der Waals surface area contributed by atoms with E-state index in [4.69, 9.17) is 15.2 Å². The number of nitrogens with zero attached hydrogens (tertiary/aromatic N) is 3. The van der Waals surface area contributed by atoms with Gasteiger partial charge < -0.3 is 15.2 Å². The van der Waals surface area contributed by atoms with E-state index in [1.165, 1.54) is 0 Å². The van der Waals surface area contributed by atoms with Crippen LogP contribution < -0.4 is 5.73 Å². The normalized spacial score (nSPS) is 31.8. The first-order chi connectivity index (χ1) is 9.55. The Morgan fingerprint density at radius 2 is 2.25 bits per heavy atom. The monoisotopic (exact) mass is 292 g/mol. The van der Waals surface area contributed by atoms with Crippen molar-refractivity contribution in [2.75, 3.05) is 11.5 Å². The summed E-state index contributed by atoms with van der Waals surface area (Å²) in [6.07, 6.45) is 5.65. The van der Waals surface area contributed by atoms with E-state index >= 15 is 0 Å². The molecule has 3 atom stereocenters. The number of hydrogen-bond donors (Lipinski definition) is 1. The standard InChI is InChI=1S/C13H16N4O2S/c1-13(2)18-8-6-20-10(9(8)19-13)7-5-16-12-11(14)15-3-4-17(7)12/h3-5,8-10H,6H2,1-2H3,(H2,14,15)/t8?,9-,10-/m0/s1. The SMILES string of the molecule is CC1(C)OC2CS[C@@H](c3cnc4c(N)nccn34)[C@H]2O1. The molecule has 0 amide bonds. The van der Waals surface area contributed by atoms with E-state index in [0.29, 0.717) is 11.5 Å². The lowest BCUT2D eigenvalue weighted by atomic mass is 10.1. The second-order valence-corrected chi connectivity index (χ2v) is 6.76. The predicted molar refractivity (Wildman–Crippen MR) is 76.4 cm³/mol.